The minimum atomic E-state index is 0.208. The molecule has 2 heteroatoms. The van der Waals surface area contributed by atoms with Crippen molar-refractivity contribution in [3.05, 3.63) is 95.1 Å². The zero-order valence-corrected chi connectivity index (χ0v) is 12.8. The molecular formula is C22H14O2. The Bertz CT molecular complexity index is 895. The zero-order valence-electron chi connectivity index (χ0n) is 12.8. The topological polar surface area (TPSA) is 40.5 Å². The maximum absolute atomic E-state index is 9.42. The predicted octanol–water partition coefficient (Wildman–Crippen LogP) is 3.90. The van der Waals surface area contributed by atoms with Gasteiger partial charge in [-0.1, -0.05) is 35.8 Å². The van der Waals surface area contributed by atoms with Crippen LogP contribution in [0.25, 0.3) is 0 Å². The highest BCUT2D eigenvalue weighted by Crippen LogP contribution is 2.11. The Morgan fingerprint density at radius 2 is 0.833 bits per heavy atom. The minimum Gasteiger partial charge on any atom is -0.508 e. The molecule has 0 fully saturated rings. The number of phenols is 2. The van der Waals surface area contributed by atoms with E-state index >= 15 is 0 Å². The average molecular weight is 310 g/mol. The Balaban J connectivity index is 1.75. The van der Waals surface area contributed by atoms with Crippen molar-refractivity contribution in [3.8, 4) is 35.2 Å². The lowest BCUT2D eigenvalue weighted by molar-refractivity contribution is 0.474. The SMILES string of the molecule is Oc1cccc(C#Cc2ccc(C#Cc3cccc(O)c3)cc2)c1. The molecule has 24 heavy (non-hydrogen) atoms. The fourth-order valence-electron chi connectivity index (χ4n) is 2.09. The molecule has 0 amide bonds. The minimum absolute atomic E-state index is 0.208. The highest BCUT2D eigenvalue weighted by molar-refractivity contribution is 5.49. The molecule has 0 aromatic heterocycles. The third-order valence-electron chi connectivity index (χ3n) is 3.28. The molecule has 2 nitrogen and oxygen atoms in total. The molecule has 0 heterocycles. The number of phenolic OH excluding ortho intramolecular Hbond substituents is 2. The van der Waals surface area contributed by atoms with Gasteiger partial charge >= 0.3 is 0 Å². The van der Waals surface area contributed by atoms with Crippen molar-refractivity contribution in [1.29, 1.82) is 0 Å². The van der Waals surface area contributed by atoms with Crippen molar-refractivity contribution in [2.75, 3.05) is 0 Å². The number of benzene rings is 3. The van der Waals surface area contributed by atoms with E-state index in [0.29, 0.717) is 0 Å². The van der Waals surface area contributed by atoms with E-state index in [1.807, 2.05) is 36.4 Å². The van der Waals surface area contributed by atoms with Crippen LogP contribution >= 0.6 is 0 Å². The third kappa shape index (κ3) is 4.19. The highest BCUT2D eigenvalue weighted by atomic mass is 16.3. The molecule has 0 bridgehead atoms. The number of hydrogen-bond acceptors (Lipinski definition) is 2. The number of rotatable bonds is 0. The van der Waals surface area contributed by atoms with Crippen LogP contribution < -0.4 is 0 Å². The first kappa shape index (κ1) is 15.3. The summed E-state index contributed by atoms with van der Waals surface area (Å²) < 4.78 is 0. The van der Waals surface area contributed by atoms with Crippen LogP contribution in [-0.2, 0) is 0 Å². The van der Waals surface area contributed by atoms with Gasteiger partial charge in [0.15, 0.2) is 0 Å². The lowest BCUT2D eigenvalue weighted by atomic mass is 10.1. The van der Waals surface area contributed by atoms with Crippen LogP contribution in [0.4, 0.5) is 0 Å². The molecule has 3 aromatic carbocycles. The van der Waals surface area contributed by atoms with Crippen molar-refractivity contribution in [1.82, 2.24) is 0 Å². The Labute approximate surface area is 141 Å². The molecule has 0 saturated heterocycles. The van der Waals surface area contributed by atoms with Crippen LogP contribution in [0.2, 0.25) is 0 Å². The second kappa shape index (κ2) is 7.09. The first-order valence-corrected chi connectivity index (χ1v) is 7.41. The monoisotopic (exact) mass is 310 g/mol. The lowest BCUT2D eigenvalue weighted by Gasteiger charge is -1.94. The van der Waals surface area contributed by atoms with E-state index in [9.17, 15) is 10.2 Å². The van der Waals surface area contributed by atoms with Gasteiger partial charge in [-0.2, -0.15) is 0 Å². The molecule has 114 valence electrons. The van der Waals surface area contributed by atoms with Crippen molar-refractivity contribution in [3.63, 3.8) is 0 Å². The quantitative estimate of drug-likeness (QED) is 0.618. The predicted molar refractivity (Wildman–Crippen MR) is 94.6 cm³/mol. The average Bonchev–Trinajstić information content (AvgIpc) is 2.59. The molecule has 0 spiro atoms. The fraction of sp³-hybridized carbons (Fsp3) is 0. The van der Waals surface area contributed by atoms with Crippen LogP contribution in [0, 0.1) is 23.7 Å². The summed E-state index contributed by atoms with van der Waals surface area (Å²) in [5.74, 6) is 12.5. The van der Waals surface area contributed by atoms with Crippen LogP contribution in [-0.4, -0.2) is 10.2 Å². The standard InChI is InChI=1S/C22H14O2/c23-21-5-1-3-19(15-21)13-11-17-7-9-18(10-8-17)12-14-20-4-2-6-22(24)16-20/h1-10,15-16,23-24H. The van der Waals surface area contributed by atoms with E-state index in [-0.39, 0.29) is 11.5 Å². The summed E-state index contributed by atoms with van der Waals surface area (Å²) in [5.41, 5.74) is 3.29. The summed E-state index contributed by atoms with van der Waals surface area (Å²) >= 11 is 0. The maximum atomic E-state index is 9.42. The first-order chi connectivity index (χ1) is 11.7. The summed E-state index contributed by atoms with van der Waals surface area (Å²) in [6.07, 6.45) is 0. The van der Waals surface area contributed by atoms with Crippen molar-refractivity contribution >= 4 is 0 Å². The maximum Gasteiger partial charge on any atom is 0.116 e. The van der Waals surface area contributed by atoms with Crippen LogP contribution in [0.1, 0.15) is 22.3 Å². The van der Waals surface area contributed by atoms with Crippen LogP contribution in [0.3, 0.4) is 0 Å². The summed E-state index contributed by atoms with van der Waals surface area (Å²) in [7, 11) is 0. The first-order valence-electron chi connectivity index (χ1n) is 7.41. The molecule has 2 N–H and O–H groups in total. The van der Waals surface area contributed by atoms with E-state index in [2.05, 4.69) is 23.7 Å². The summed E-state index contributed by atoms with van der Waals surface area (Å²) in [4.78, 5) is 0. The van der Waals surface area contributed by atoms with E-state index < -0.39 is 0 Å². The zero-order chi connectivity index (χ0) is 16.8. The van der Waals surface area contributed by atoms with Gasteiger partial charge in [0.25, 0.3) is 0 Å². The van der Waals surface area contributed by atoms with E-state index in [1.54, 1.807) is 36.4 Å². The molecule has 0 radical (unpaired) electrons. The van der Waals surface area contributed by atoms with Crippen molar-refractivity contribution in [2.24, 2.45) is 0 Å². The van der Waals surface area contributed by atoms with Gasteiger partial charge in [0, 0.05) is 22.3 Å². The molecular weight excluding hydrogens is 296 g/mol. The molecule has 0 unspecified atom stereocenters. The van der Waals surface area contributed by atoms with Gasteiger partial charge in [0.2, 0.25) is 0 Å². The smallest absolute Gasteiger partial charge is 0.116 e. The summed E-state index contributed by atoms with van der Waals surface area (Å²) in [6, 6.07) is 21.3. The van der Waals surface area contributed by atoms with Crippen LogP contribution in [0.5, 0.6) is 11.5 Å². The van der Waals surface area contributed by atoms with Crippen LogP contribution in [0.15, 0.2) is 72.8 Å². The molecule has 0 saturated carbocycles. The Hall–Kier alpha value is -3.62. The largest absolute Gasteiger partial charge is 0.508 e. The second-order valence-corrected chi connectivity index (χ2v) is 5.18. The lowest BCUT2D eigenvalue weighted by Crippen LogP contribution is -1.79. The molecule has 0 aliphatic rings. The molecule has 0 aliphatic carbocycles. The number of aromatic hydroxyl groups is 2. The van der Waals surface area contributed by atoms with Gasteiger partial charge in [-0.3, -0.25) is 0 Å². The molecule has 0 atom stereocenters. The van der Waals surface area contributed by atoms with E-state index in [1.165, 1.54) is 0 Å². The molecule has 0 aliphatic heterocycles. The summed E-state index contributed by atoms with van der Waals surface area (Å²) in [5, 5.41) is 18.8. The Kier molecular flexibility index (Phi) is 4.52. The van der Waals surface area contributed by atoms with Gasteiger partial charge in [-0.25, -0.2) is 0 Å². The Morgan fingerprint density at radius 1 is 0.458 bits per heavy atom. The summed E-state index contributed by atoms with van der Waals surface area (Å²) in [6.45, 7) is 0. The highest BCUT2D eigenvalue weighted by Gasteiger charge is 1.92. The van der Waals surface area contributed by atoms with Crippen molar-refractivity contribution in [2.45, 2.75) is 0 Å². The second-order valence-electron chi connectivity index (χ2n) is 5.18. The number of hydrogen-bond donors (Lipinski definition) is 2. The van der Waals surface area contributed by atoms with E-state index in [4.69, 9.17) is 0 Å². The molecule has 3 rings (SSSR count). The van der Waals surface area contributed by atoms with Gasteiger partial charge < -0.3 is 10.2 Å². The normalized spacial score (nSPS) is 9.33. The van der Waals surface area contributed by atoms with E-state index in [0.717, 1.165) is 22.3 Å². The van der Waals surface area contributed by atoms with Crippen molar-refractivity contribution < 1.29 is 10.2 Å². The van der Waals surface area contributed by atoms with Gasteiger partial charge in [0.1, 0.15) is 11.5 Å². The fourth-order valence-corrected chi connectivity index (χ4v) is 2.09. The third-order valence-corrected chi connectivity index (χ3v) is 3.28. The molecule has 3 aromatic rings. The van der Waals surface area contributed by atoms with Gasteiger partial charge in [-0.05, 0) is 60.7 Å². The Morgan fingerprint density at radius 3 is 1.21 bits per heavy atom. The van der Waals surface area contributed by atoms with Gasteiger partial charge in [-0.15, -0.1) is 0 Å². The van der Waals surface area contributed by atoms with Gasteiger partial charge in [0.05, 0.1) is 0 Å².